The van der Waals surface area contributed by atoms with E-state index in [1.807, 2.05) is 52.7 Å². The maximum Gasteiger partial charge on any atom is 0.277 e. The molecule has 2 aromatic heterocycles. The molecular weight excluding hydrogens is 422 g/mol. The van der Waals surface area contributed by atoms with Gasteiger partial charge in [0.2, 0.25) is 0 Å². The van der Waals surface area contributed by atoms with Gasteiger partial charge in [-0.1, -0.05) is 30.3 Å². The van der Waals surface area contributed by atoms with Gasteiger partial charge >= 0.3 is 0 Å². The number of amides is 1. The van der Waals surface area contributed by atoms with Crippen LogP contribution in [-0.2, 0) is 4.74 Å². The number of rotatable bonds is 4. The number of carbonyl (C=O) groups is 1. The molecule has 2 atom stereocenters. The Bertz CT molecular complexity index is 1220. The summed E-state index contributed by atoms with van der Waals surface area (Å²) in [6.45, 7) is 3.32. The van der Waals surface area contributed by atoms with Crippen LogP contribution in [0.3, 0.4) is 0 Å². The van der Waals surface area contributed by atoms with Gasteiger partial charge in [0.15, 0.2) is 0 Å². The Kier molecular flexibility index (Phi) is 5.39. The van der Waals surface area contributed by atoms with Gasteiger partial charge in [-0.05, 0) is 48.4 Å². The molecule has 1 amide bonds. The van der Waals surface area contributed by atoms with E-state index < -0.39 is 0 Å². The Morgan fingerprint density at radius 2 is 2.00 bits per heavy atom. The summed E-state index contributed by atoms with van der Waals surface area (Å²) < 4.78 is 7.10. The number of pyridine rings is 1. The number of benzene rings is 1. The second kappa shape index (κ2) is 8.22. The third-order valence-corrected chi connectivity index (χ3v) is 7.66. The first-order valence-electron chi connectivity index (χ1n) is 11.0. The molecule has 1 fully saturated rings. The third-order valence-electron chi connectivity index (χ3n) is 6.73. The summed E-state index contributed by atoms with van der Waals surface area (Å²) in [5, 5.41) is 3.99. The molecule has 0 saturated carbocycles. The van der Waals surface area contributed by atoms with Crippen LogP contribution in [0.2, 0.25) is 0 Å². The molecule has 0 bridgehead atoms. The smallest absolute Gasteiger partial charge is 0.277 e. The van der Waals surface area contributed by atoms with E-state index in [1.54, 1.807) is 29.2 Å². The second-order valence-corrected chi connectivity index (χ2v) is 9.42. The van der Waals surface area contributed by atoms with Crippen LogP contribution < -0.4 is 10.6 Å². The van der Waals surface area contributed by atoms with Crippen LogP contribution in [0.4, 0.5) is 0 Å². The van der Waals surface area contributed by atoms with Crippen LogP contribution in [0.25, 0.3) is 21.7 Å². The van der Waals surface area contributed by atoms with Gasteiger partial charge in [0.1, 0.15) is 0 Å². The Labute approximate surface area is 191 Å². The highest BCUT2D eigenvalue weighted by Crippen LogP contribution is 2.42. The number of nitrogens with zero attached hydrogens (tertiary/aromatic N) is 3. The molecule has 1 aromatic carbocycles. The fourth-order valence-corrected chi connectivity index (χ4v) is 5.98. The van der Waals surface area contributed by atoms with Crippen molar-refractivity contribution >= 4 is 17.2 Å². The van der Waals surface area contributed by atoms with Crippen LogP contribution >= 0.6 is 11.3 Å². The van der Waals surface area contributed by atoms with E-state index >= 15 is 0 Å². The number of methoxy groups -OCH3 is 1. The molecule has 5 rings (SSSR count). The molecule has 0 radical (unpaired) electrons. The van der Waals surface area contributed by atoms with Crippen molar-refractivity contribution in [2.75, 3.05) is 32.3 Å². The number of hydrogen-bond acceptors (Lipinski definition) is 5. The fourth-order valence-electron chi connectivity index (χ4n) is 4.95. The van der Waals surface area contributed by atoms with E-state index in [9.17, 15) is 9.59 Å². The number of carbonyl (C=O) groups excluding carboxylic acids is 1. The van der Waals surface area contributed by atoms with E-state index in [0.29, 0.717) is 30.0 Å². The molecule has 0 spiro atoms. The van der Waals surface area contributed by atoms with E-state index in [-0.39, 0.29) is 23.6 Å². The number of thiophene rings is 1. The Morgan fingerprint density at radius 3 is 2.75 bits per heavy atom. The van der Waals surface area contributed by atoms with E-state index in [4.69, 9.17) is 4.74 Å². The summed E-state index contributed by atoms with van der Waals surface area (Å²) >= 11 is 1.59. The Morgan fingerprint density at radius 1 is 1.22 bits per heavy atom. The maximum absolute atomic E-state index is 14.0. The van der Waals surface area contributed by atoms with Crippen LogP contribution in [-0.4, -0.2) is 48.8 Å². The lowest BCUT2D eigenvalue weighted by atomic mass is 9.97. The van der Waals surface area contributed by atoms with Gasteiger partial charge in [-0.15, -0.1) is 11.3 Å². The summed E-state index contributed by atoms with van der Waals surface area (Å²) in [6, 6.07) is 13.6. The number of hydrogen-bond donors (Lipinski definition) is 0. The molecule has 4 heterocycles. The lowest BCUT2D eigenvalue weighted by molar-refractivity contribution is 0.0630. The average Bonchev–Trinajstić information content (AvgIpc) is 3.47. The van der Waals surface area contributed by atoms with E-state index in [1.165, 1.54) is 0 Å². The SMILES string of the molecule is COCC1CCCN1C(=O)c1cc(-c2ccccc2)c(=O)n2c1-c1sccc1[C@@H](C)N2C. The monoisotopic (exact) mass is 449 g/mol. The van der Waals surface area contributed by atoms with E-state index in [2.05, 4.69) is 13.0 Å². The minimum atomic E-state index is -0.106. The van der Waals surface area contributed by atoms with Gasteiger partial charge in [-0.25, -0.2) is 4.68 Å². The molecule has 0 aliphatic carbocycles. The van der Waals surface area contributed by atoms with E-state index in [0.717, 1.165) is 28.8 Å². The minimum Gasteiger partial charge on any atom is -0.383 e. The first-order valence-corrected chi connectivity index (χ1v) is 11.9. The predicted octanol–water partition coefficient (Wildman–Crippen LogP) is 4.14. The van der Waals surface area contributed by atoms with Crippen molar-refractivity contribution < 1.29 is 9.53 Å². The average molecular weight is 450 g/mol. The van der Waals surface area contributed by atoms with Gasteiger partial charge in [0.05, 0.1) is 34.8 Å². The first kappa shape index (κ1) is 21.0. The van der Waals surface area contributed by atoms with Crippen LogP contribution in [0, 0.1) is 0 Å². The maximum atomic E-state index is 14.0. The quantitative estimate of drug-likeness (QED) is 0.601. The molecule has 32 heavy (non-hydrogen) atoms. The minimum absolute atomic E-state index is 0.0310. The predicted molar refractivity (Wildman–Crippen MR) is 128 cm³/mol. The molecule has 1 unspecified atom stereocenters. The lowest BCUT2D eigenvalue weighted by Gasteiger charge is -2.37. The Balaban J connectivity index is 1.77. The zero-order valence-corrected chi connectivity index (χ0v) is 19.4. The van der Waals surface area contributed by atoms with Crippen molar-refractivity contribution in [3.63, 3.8) is 0 Å². The number of fused-ring (bicyclic) bond motifs is 3. The number of aromatic nitrogens is 1. The van der Waals surface area contributed by atoms with Crippen molar-refractivity contribution in [1.82, 2.24) is 9.58 Å². The largest absolute Gasteiger partial charge is 0.383 e. The van der Waals surface area contributed by atoms with Gasteiger partial charge < -0.3 is 14.6 Å². The summed E-state index contributed by atoms with van der Waals surface area (Å²) in [4.78, 5) is 30.6. The molecule has 166 valence electrons. The highest BCUT2D eigenvalue weighted by Gasteiger charge is 2.36. The number of ether oxygens (including phenoxy) is 1. The molecule has 3 aromatic rings. The fraction of sp³-hybridized carbons (Fsp3) is 0.360. The zero-order valence-electron chi connectivity index (χ0n) is 18.6. The molecule has 1 saturated heterocycles. The summed E-state index contributed by atoms with van der Waals surface area (Å²) in [5.41, 5.74) is 3.68. The van der Waals surface area contributed by atoms with Gasteiger partial charge in [-0.2, -0.15) is 0 Å². The molecule has 6 nitrogen and oxygen atoms in total. The topological polar surface area (TPSA) is 54.8 Å². The molecular formula is C25H27N3O3S. The summed E-state index contributed by atoms with van der Waals surface area (Å²) in [7, 11) is 3.59. The van der Waals surface area contributed by atoms with Gasteiger partial charge in [0, 0.05) is 26.3 Å². The van der Waals surface area contributed by atoms with Crippen LogP contribution in [0.15, 0.2) is 52.6 Å². The van der Waals surface area contributed by atoms with Crippen molar-refractivity contribution in [2.45, 2.75) is 31.8 Å². The lowest BCUT2D eigenvalue weighted by Crippen LogP contribution is -2.46. The van der Waals surface area contributed by atoms with Crippen molar-refractivity contribution in [1.29, 1.82) is 0 Å². The second-order valence-electron chi connectivity index (χ2n) is 8.51. The summed E-state index contributed by atoms with van der Waals surface area (Å²) in [6.07, 6.45) is 1.89. The van der Waals surface area contributed by atoms with Crippen molar-refractivity contribution in [3.8, 4) is 21.7 Å². The zero-order chi connectivity index (χ0) is 22.4. The summed E-state index contributed by atoms with van der Waals surface area (Å²) in [5.74, 6) is -0.0345. The third kappa shape index (κ3) is 3.19. The molecule has 2 aliphatic rings. The van der Waals surface area contributed by atoms with Crippen molar-refractivity contribution in [3.05, 3.63) is 69.3 Å². The van der Waals surface area contributed by atoms with Crippen LogP contribution in [0.1, 0.15) is 41.7 Å². The first-order chi connectivity index (χ1) is 15.5. The Hall–Kier alpha value is -2.90. The normalized spacial score (nSPS) is 19.7. The van der Waals surface area contributed by atoms with Crippen molar-refractivity contribution in [2.24, 2.45) is 0 Å². The van der Waals surface area contributed by atoms with Crippen LogP contribution in [0.5, 0.6) is 0 Å². The highest BCUT2D eigenvalue weighted by molar-refractivity contribution is 7.13. The van der Waals surface area contributed by atoms with Gasteiger partial charge in [0.25, 0.3) is 11.5 Å². The highest BCUT2D eigenvalue weighted by atomic mass is 32.1. The number of likely N-dealkylation sites (tertiary alicyclic amines) is 1. The standard InChI is InChI=1S/C25H27N3O3S/c1-16-19-11-13-32-23(19)22-21(24(29)27-12-7-10-18(27)15-31-3)14-20(17-8-5-4-6-9-17)25(30)28(22)26(16)2/h4-6,8-9,11,13-14,16,18H,7,10,12,15H2,1-3H3/t16-,18?/m1/s1. The molecule has 0 N–H and O–H groups in total. The molecule has 2 aliphatic heterocycles. The van der Waals surface area contributed by atoms with Gasteiger partial charge in [-0.3, -0.25) is 9.59 Å². The molecule has 7 heteroatoms.